The Bertz CT molecular complexity index is 937. The first-order valence-corrected chi connectivity index (χ1v) is 10.0. The lowest BCUT2D eigenvalue weighted by Crippen LogP contribution is -2.39. The van der Waals surface area contributed by atoms with Crippen LogP contribution < -0.4 is 14.8 Å². The first kappa shape index (κ1) is 21.4. The van der Waals surface area contributed by atoms with Gasteiger partial charge < -0.3 is 19.5 Å². The molecule has 0 bridgehead atoms. The zero-order valence-electron chi connectivity index (χ0n) is 17.5. The van der Waals surface area contributed by atoms with E-state index in [0.717, 1.165) is 24.8 Å². The average molecular weight is 409 g/mol. The molecule has 158 valence electrons. The van der Waals surface area contributed by atoms with Crippen molar-refractivity contribution in [2.24, 2.45) is 0 Å². The van der Waals surface area contributed by atoms with Crippen LogP contribution in [-0.4, -0.2) is 32.2 Å². The number of ether oxygens (including phenoxy) is 3. The highest BCUT2D eigenvalue weighted by Crippen LogP contribution is 2.31. The fraction of sp³-hybridized carbons (Fsp3) is 0.333. The highest BCUT2D eigenvalue weighted by atomic mass is 16.5. The molecule has 6 heteroatoms. The van der Waals surface area contributed by atoms with Gasteiger partial charge in [0.2, 0.25) is 0 Å². The van der Waals surface area contributed by atoms with Crippen LogP contribution in [0.25, 0.3) is 6.08 Å². The standard InChI is InChI=1S/C24H27NO5/c1-16(24(27)25-20-12-6-9-17-8-4-5-11-19(17)20)30-22(26)15-14-18-10-7-13-21(28-2)23(18)29-3/h4-5,7-8,10-11,13-16,20H,6,9,12H2,1-3H3,(H,25,27)/b15-14+/t16-,20-/m0/s1. The summed E-state index contributed by atoms with van der Waals surface area (Å²) in [6.07, 6.45) is 4.86. The van der Waals surface area contributed by atoms with Crippen LogP contribution in [0, 0.1) is 0 Å². The van der Waals surface area contributed by atoms with Crippen molar-refractivity contribution in [3.05, 3.63) is 65.2 Å². The van der Waals surface area contributed by atoms with E-state index in [0.29, 0.717) is 17.1 Å². The lowest BCUT2D eigenvalue weighted by atomic mass is 9.87. The fourth-order valence-electron chi connectivity index (χ4n) is 3.66. The largest absolute Gasteiger partial charge is 0.493 e. The highest BCUT2D eigenvalue weighted by molar-refractivity contribution is 5.91. The van der Waals surface area contributed by atoms with Crippen molar-refractivity contribution in [1.29, 1.82) is 0 Å². The van der Waals surface area contributed by atoms with Gasteiger partial charge >= 0.3 is 5.97 Å². The summed E-state index contributed by atoms with van der Waals surface area (Å²) in [5.41, 5.74) is 3.07. The summed E-state index contributed by atoms with van der Waals surface area (Å²) in [6, 6.07) is 13.4. The normalized spacial score (nSPS) is 16.4. The lowest BCUT2D eigenvalue weighted by Gasteiger charge is -2.27. The molecule has 6 nitrogen and oxygen atoms in total. The number of hydrogen-bond donors (Lipinski definition) is 1. The Hall–Kier alpha value is -3.28. The van der Waals surface area contributed by atoms with Crippen molar-refractivity contribution in [2.45, 2.75) is 38.3 Å². The fourth-order valence-corrected chi connectivity index (χ4v) is 3.66. The van der Waals surface area contributed by atoms with Crippen LogP contribution in [-0.2, 0) is 20.7 Å². The van der Waals surface area contributed by atoms with E-state index in [1.165, 1.54) is 18.7 Å². The third-order valence-corrected chi connectivity index (χ3v) is 5.18. The van der Waals surface area contributed by atoms with Gasteiger partial charge in [0.25, 0.3) is 5.91 Å². The van der Waals surface area contributed by atoms with Gasteiger partial charge in [0.15, 0.2) is 17.6 Å². The number of hydrogen-bond acceptors (Lipinski definition) is 5. The van der Waals surface area contributed by atoms with E-state index in [1.54, 1.807) is 38.3 Å². The van der Waals surface area contributed by atoms with Gasteiger partial charge in [-0.2, -0.15) is 0 Å². The maximum atomic E-state index is 12.6. The highest BCUT2D eigenvalue weighted by Gasteiger charge is 2.25. The zero-order valence-corrected chi connectivity index (χ0v) is 17.5. The maximum absolute atomic E-state index is 12.6. The number of benzene rings is 2. The number of carbonyl (C=O) groups excluding carboxylic acids is 2. The van der Waals surface area contributed by atoms with Crippen LogP contribution in [0.2, 0.25) is 0 Å². The summed E-state index contributed by atoms with van der Waals surface area (Å²) >= 11 is 0. The molecule has 0 radical (unpaired) electrons. The third-order valence-electron chi connectivity index (χ3n) is 5.18. The summed E-state index contributed by atoms with van der Waals surface area (Å²) in [5.74, 6) is 0.170. The predicted octanol–water partition coefficient (Wildman–Crippen LogP) is 3.84. The second kappa shape index (κ2) is 9.96. The topological polar surface area (TPSA) is 73.9 Å². The Labute approximate surface area is 176 Å². The second-order valence-electron chi connectivity index (χ2n) is 7.15. The molecule has 0 saturated carbocycles. The molecule has 1 aliphatic rings. The Balaban J connectivity index is 1.60. The molecule has 3 rings (SSSR count). The molecule has 0 heterocycles. The molecule has 0 saturated heterocycles. The number of para-hydroxylation sites is 1. The van der Waals surface area contributed by atoms with Gasteiger partial charge in [-0.1, -0.05) is 36.4 Å². The Kier molecular flexibility index (Phi) is 7.12. The second-order valence-corrected chi connectivity index (χ2v) is 7.15. The Morgan fingerprint density at radius 2 is 1.90 bits per heavy atom. The van der Waals surface area contributed by atoms with E-state index in [4.69, 9.17) is 14.2 Å². The molecule has 0 aromatic heterocycles. The van der Waals surface area contributed by atoms with Gasteiger partial charge in [-0.15, -0.1) is 0 Å². The van der Waals surface area contributed by atoms with Crippen molar-refractivity contribution in [1.82, 2.24) is 5.32 Å². The van der Waals surface area contributed by atoms with Crippen molar-refractivity contribution < 1.29 is 23.8 Å². The summed E-state index contributed by atoms with van der Waals surface area (Å²) in [5, 5.41) is 3.01. The van der Waals surface area contributed by atoms with Crippen LogP contribution in [0.3, 0.4) is 0 Å². The first-order valence-electron chi connectivity index (χ1n) is 10.0. The molecule has 0 unspecified atom stereocenters. The van der Waals surface area contributed by atoms with E-state index in [2.05, 4.69) is 11.4 Å². The van der Waals surface area contributed by atoms with Crippen molar-refractivity contribution >= 4 is 18.0 Å². The molecule has 1 amide bonds. The van der Waals surface area contributed by atoms with E-state index in [-0.39, 0.29) is 11.9 Å². The molecule has 0 fully saturated rings. The van der Waals surface area contributed by atoms with Crippen molar-refractivity contribution in [2.75, 3.05) is 14.2 Å². The summed E-state index contributed by atoms with van der Waals surface area (Å²) in [7, 11) is 3.08. The van der Waals surface area contributed by atoms with Crippen LogP contribution in [0.4, 0.5) is 0 Å². The first-order chi connectivity index (χ1) is 14.5. The van der Waals surface area contributed by atoms with Crippen LogP contribution >= 0.6 is 0 Å². The smallest absolute Gasteiger partial charge is 0.331 e. The number of nitrogens with one attached hydrogen (secondary N) is 1. The molecule has 30 heavy (non-hydrogen) atoms. The summed E-state index contributed by atoms with van der Waals surface area (Å²) < 4.78 is 15.9. The van der Waals surface area contributed by atoms with Gasteiger partial charge in [-0.05, 0) is 49.5 Å². The molecule has 1 aliphatic carbocycles. The number of fused-ring (bicyclic) bond motifs is 1. The number of amides is 1. The SMILES string of the molecule is COc1cccc(/C=C/C(=O)O[C@@H](C)C(=O)N[C@H]2CCCc3ccccc32)c1OC. The number of aryl methyl sites for hydroxylation is 1. The quantitative estimate of drug-likeness (QED) is 0.556. The Morgan fingerprint density at radius 3 is 2.67 bits per heavy atom. The van der Waals surface area contributed by atoms with Gasteiger partial charge in [0.05, 0.1) is 20.3 Å². The van der Waals surface area contributed by atoms with Gasteiger partial charge in [-0.25, -0.2) is 4.79 Å². The molecule has 1 N–H and O–H groups in total. The third kappa shape index (κ3) is 5.00. The van der Waals surface area contributed by atoms with Gasteiger partial charge in [0.1, 0.15) is 0 Å². The number of esters is 1. The molecule has 0 spiro atoms. The summed E-state index contributed by atoms with van der Waals surface area (Å²) in [6.45, 7) is 1.57. The van der Waals surface area contributed by atoms with Gasteiger partial charge in [0, 0.05) is 11.6 Å². The molecular formula is C24H27NO5. The zero-order chi connectivity index (χ0) is 21.5. The average Bonchev–Trinajstić information content (AvgIpc) is 2.77. The van der Waals surface area contributed by atoms with E-state index in [1.807, 2.05) is 18.2 Å². The molecule has 0 aliphatic heterocycles. The maximum Gasteiger partial charge on any atom is 0.331 e. The van der Waals surface area contributed by atoms with E-state index < -0.39 is 12.1 Å². The number of rotatable bonds is 7. The molecular weight excluding hydrogens is 382 g/mol. The minimum absolute atomic E-state index is 0.0554. The summed E-state index contributed by atoms with van der Waals surface area (Å²) in [4.78, 5) is 24.8. The Morgan fingerprint density at radius 1 is 1.10 bits per heavy atom. The number of methoxy groups -OCH3 is 2. The van der Waals surface area contributed by atoms with Crippen LogP contribution in [0.1, 0.15) is 42.5 Å². The monoisotopic (exact) mass is 409 g/mol. The van der Waals surface area contributed by atoms with Crippen molar-refractivity contribution in [3.63, 3.8) is 0 Å². The number of carbonyl (C=O) groups is 2. The molecule has 2 atom stereocenters. The van der Waals surface area contributed by atoms with E-state index in [9.17, 15) is 9.59 Å². The molecule has 2 aromatic rings. The molecule has 2 aromatic carbocycles. The predicted molar refractivity (Wildman–Crippen MR) is 114 cm³/mol. The minimum atomic E-state index is -0.900. The van der Waals surface area contributed by atoms with Crippen LogP contribution in [0.5, 0.6) is 11.5 Å². The van der Waals surface area contributed by atoms with Crippen molar-refractivity contribution in [3.8, 4) is 11.5 Å². The van der Waals surface area contributed by atoms with E-state index >= 15 is 0 Å². The minimum Gasteiger partial charge on any atom is -0.493 e. The lowest BCUT2D eigenvalue weighted by molar-refractivity contribution is -0.150. The van der Waals surface area contributed by atoms with Gasteiger partial charge in [-0.3, -0.25) is 4.79 Å². The van der Waals surface area contributed by atoms with Crippen LogP contribution in [0.15, 0.2) is 48.5 Å².